The molecule has 0 amide bonds. The van der Waals surface area contributed by atoms with E-state index in [0.717, 1.165) is 22.4 Å². The average molecular weight is 287 g/mol. The fraction of sp³-hybridized carbons (Fsp3) is 0.294. The Balaban J connectivity index is 2.46. The Hall–Kier alpha value is -1.45. The number of hydrogen-bond donors (Lipinski definition) is 1. The Kier molecular flexibility index (Phi) is 4.73. The maximum absolute atomic E-state index is 6.47. The van der Waals surface area contributed by atoms with E-state index in [2.05, 4.69) is 44.4 Å². The largest absolute Gasteiger partial charge is 0.496 e. The smallest absolute Gasteiger partial charge is 0.124 e. The van der Waals surface area contributed by atoms with Crippen LogP contribution in [0.3, 0.4) is 0 Å². The lowest BCUT2D eigenvalue weighted by molar-refractivity contribution is 0.408. The fourth-order valence-electron chi connectivity index (χ4n) is 2.59. The maximum atomic E-state index is 6.47. The molecule has 0 heterocycles. The van der Waals surface area contributed by atoms with E-state index in [-0.39, 0.29) is 6.04 Å². The van der Waals surface area contributed by atoms with Crippen LogP contribution in [0.1, 0.15) is 28.3 Å². The van der Waals surface area contributed by atoms with Crippen LogP contribution in [-0.2, 0) is 0 Å². The van der Waals surface area contributed by atoms with E-state index in [0.29, 0.717) is 0 Å². The number of thioether (sulfide) groups is 1. The summed E-state index contributed by atoms with van der Waals surface area (Å²) in [5.74, 6) is 0.944. The maximum Gasteiger partial charge on any atom is 0.124 e. The molecule has 2 N–H and O–H groups in total. The first-order valence-electron chi connectivity index (χ1n) is 6.62. The molecule has 106 valence electrons. The van der Waals surface area contributed by atoms with Gasteiger partial charge in [0, 0.05) is 4.90 Å². The van der Waals surface area contributed by atoms with Crippen LogP contribution in [0.4, 0.5) is 0 Å². The first kappa shape index (κ1) is 14.9. The molecule has 0 fully saturated rings. The average Bonchev–Trinajstić information content (AvgIpc) is 2.46. The van der Waals surface area contributed by atoms with Gasteiger partial charge < -0.3 is 10.5 Å². The Morgan fingerprint density at radius 2 is 1.70 bits per heavy atom. The van der Waals surface area contributed by atoms with Crippen LogP contribution in [0.5, 0.6) is 5.75 Å². The molecule has 0 aliphatic heterocycles. The van der Waals surface area contributed by atoms with Gasteiger partial charge in [-0.25, -0.2) is 0 Å². The summed E-state index contributed by atoms with van der Waals surface area (Å²) in [4.78, 5) is 1.23. The van der Waals surface area contributed by atoms with Crippen molar-refractivity contribution in [2.75, 3.05) is 13.4 Å². The number of ether oxygens (including phenoxy) is 1. The molecule has 20 heavy (non-hydrogen) atoms. The highest BCUT2D eigenvalue weighted by Crippen LogP contribution is 2.32. The van der Waals surface area contributed by atoms with Crippen LogP contribution in [0.15, 0.2) is 41.3 Å². The SMILES string of the molecule is COc1c(C)cc(C(N)c2ccccc2SC)cc1C. The highest BCUT2D eigenvalue weighted by molar-refractivity contribution is 7.98. The molecule has 0 aliphatic rings. The van der Waals surface area contributed by atoms with Crippen LogP contribution < -0.4 is 10.5 Å². The number of benzene rings is 2. The quantitative estimate of drug-likeness (QED) is 0.861. The van der Waals surface area contributed by atoms with Crippen LogP contribution in [0.25, 0.3) is 0 Å². The number of rotatable bonds is 4. The second kappa shape index (κ2) is 6.33. The third-order valence-electron chi connectivity index (χ3n) is 3.52. The van der Waals surface area contributed by atoms with Crippen molar-refractivity contribution in [1.82, 2.24) is 0 Å². The van der Waals surface area contributed by atoms with Gasteiger partial charge in [0.2, 0.25) is 0 Å². The van der Waals surface area contributed by atoms with Crippen molar-refractivity contribution < 1.29 is 4.74 Å². The van der Waals surface area contributed by atoms with E-state index in [4.69, 9.17) is 10.5 Å². The monoisotopic (exact) mass is 287 g/mol. The second-order valence-electron chi connectivity index (χ2n) is 4.91. The van der Waals surface area contributed by atoms with Gasteiger partial charge in [0.15, 0.2) is 0 Å². The molecular weight excluding hydrogens is 266 g/mol. The molecule has 3 heteroatoms. The zero-order valence-corrected chi connectivity index (χ0v) is 13.3. The minimum atomic E-state index is -0.109. The minimum absolute atomic E-state index is 0.109. The minimum Gasteiger partial charge on any atom is -0.496 e. The lowest BCUT2D eigenvalue weighted by atomic mass is 9.95. The van der Waals surface area contributed by atoms with Crippen molar-refractivity contribution in [3.05, 3.63) is 58.7 Å². The molecule has 2 nitrogen and oxygen atoms in total. The van der Waals surface area contributed by atoms with Crippen LogP contribution in [0, 0.1) is 13.8 Å². The summed E-state index contributed by atoms with van der Waals surface area (Å²) in [7, 11) is 1.71. The van der Waals surface area contributed by atoms with E-state index in [1.807, 2.05) is 12.1 Å². The van der Waals surface area contributed by atoms with Gasteiger partial charge in [0.1, 0.15) is 5.75 Å². The molecule has 2 aromatic carbocycles. The van der Waals surface area contributed by atoms with Gasteiger partial charge in [0.05, 0.1) is 13.2 Å². The normalized spacial score (nSPS) is 12.2. The number of methoxy groups -OCH3 is 1. The summed E-state index contributed by atoms with van der Waals surface area (Å²) < 4.78 is 5.42. The van der Waals surface area contributed by atoms with Crippen molar-refractivity contribution in [3.63, 3.8) is 0 Å². The van der Waals surface area contributed by atoms with Crippen molar-refractivity contribution in [2.24, 2.45) is 5.73 Å². The second-order valence-corrected chi connectivity index (χ2v) is 5.76. The molecule has 0 spiro atoms. The molecule has 1 unspecified atom stereocenters. The predicted octanol–water partition coefficient (Wildman–Crippen LogP) is 4.08. The lowest BCUT2D eigenvalue weighted by Crippen LogP contribution is -2.13. The van der Waals surface area contributed by atoms with Crippen molar-refractivity contribution in [2.45, 2.75) is 24.8 Å². The van der Waals surface area contributed by atoms with Gasteiger partial charge in [-0.1, -0.05) is 30.3 Å². The highest BCUT2D eigenvalue weighted by atomic mass is 32.2. The van der Waals surface area contributed by atoms with Gasteiger partial charge in [0.25, 0.3) is 0 Å². The third-order valence-corrected chi connectivity index (χ3v) is 4.33. The van der Waals surface area contributed by atoms with E-state index in [9.17, 15) is 0 Å². The fourth-order valence-corrected chi connectivity index (χ4v) is 3.23. The molecule has 0 aliphatic carbocycles. The molecule has 0 bridgehead atoms. The van der Waals surface area contributed by atoms with Crippen LogP contribution >= 0.6 is 11.8 Å². The van der Waals surface area contributed by atoms with Gasteiger partial charge in [-0.3, -0.25) is 0 Å². The number of aryl methyl sites for hydroxylation is 2. The molecule has 0 saturated carbocycles. The molecule has 0 saturated heterocycles. The first-order chi connectivity index (χ1) is 9.58. The zero-order valence-electron chi connectivity index (χ0n) is 12.4. The van der Waals surface area contributed by atoms with E-state index in [1.165, 1.54) is 10.5 Å². The summed E-state index contributed by atoms with van der Waals surface area (Å²) >= 11 is 1.73. The molecule has 0 aromatic heterocycles. The Morgan fingerprint density at radius 3 is 2.25 bits per heavy atom. The topological polar surface area (TPSA) is 35.2 Å². The highest BCUT2D eigenvalue weighted by Gasteiger charge is 2.15. The van der Waals surface area contributed by atoms with Gasteiger partial charge in [-0.05, 0) is 48.4 Å². The number of hydrogen-bond acceptors (Lipinski definition) is 3. The Labute approximate surface area is 125 Å². The van der Waals surface area contributed by atoms with Crippen molar-refractivity contribution in [1.29, 1.82) is 0 Å². The first-order valence-corrected chi connectivity index (χ1v) is 7.84. The molecule has 0 radical (unpaired) electrons. The molecule has 2 rings (SSSR count). The van der Waals surface area contributed by atoms with Crippen molar-refractivity contribution in [3.8, 4) is 5.75 Å². The Bertz CT molecular complexity index is 587. The van der Waals surface area contributed by atoms with Gasteiger partial charge in [-0.15, -0.1) is 11.8 Å². The molecule has 1 atom stereocenters. The van der Waals surface area contributed by atoms with E-state index < -0.39 is 0 Å². The predicted molar refractivity (Wildman–Crippen MR) is 86.7 cm³/mol. The lowest BCUT2D eigenvalue weighted by Gasteiger charge is -2.18. The number of nitrogens with two attached hydrogens (primary N) is 1. The standard InChI is InChI=1S/C17H21NOS/c1-11-9-13(10-12(2)17(11)19-3)16(18)14-7-5-6-8-15(14)20-4/h5-10,16H,18H2,1-4H3. The third kappa shape index (κ3) is 2.84. The van der Waals surface area contributed by atoms with Gasteiger partial charge in [-0.2, -0.15) is 0 Å². The zero-order chi connectivity index (χ0) is 14.7. The van der Waals surface area contributed by atoms with E-state index >= 15 is 0 Å². The van der Waals surface area contributed by atoms with Crippen LogP contribution in [-0.4, -0.2) is 13.4 Å². The Morgan fingerprint density at radius 1 is 1.10 bits per heavy atom. The van der Waals surface area contributed by atoms with Crippen molar-refractivity contribution >= 4 is 11.8 Å². The summed E-state index contributed by atoms with van der Waals surface area (Å²) in [6, 6.07) is 12.4. The summed E-state index contributed by atoms with van der Waals surface area (Å²) in [6.07, 6.45) is 2.08. The summed E-state index contributed by atoms with van der Waals surface area (Å²) in [5, 5.41) is 0. The summed E-state index contributed by atoms with van der Waals surface area (Å²) in [5.41, 5.74) is 11.0. The van der Waals surface area contributed by atoms with Crippen LogP contribution in [0.2, 0.25) is 0 Å². The molecular formula is C17H21NOS. The van der Waals surface area contributed by atoms with Gasteiger partial charge >= 0.3 is 0 Å². The van der Waals surface area contributed by atoms with E-state index in [1.54, 1.807) is 18.9 Å². The summed E-state index contributed by atoms with van der Waals surface area (Å²) in [6.45, 7) is 4.12. The molecule has 2 aromatic rings.